The standard InChI is InChI=1S/C19H17NO3S2/c1-13-3-2-4-16(11-13)23-10-9-22-15-7-5-14(6-8-15)12-17-18(21)20-19(24)25-17/h2-8,11-12H,9-10H2,1H3,(H,20,21,24). The molecule has 3 rings (SSSR count). The van der Waals surface area contributed by atoms with E-state index in [-0.39, 0.29) is 5.91 Å². The fraction of sp³-hybridized carbons (Fsp3) is 0.158. The van der Waals surface area contributed by atoms with Gasteiger partial charge in [-0.05, 0) is 48.4 Å². The summed E-state index contributed by atoms with van der Waals surface area (Å²) in [4.78, 5) is 12.2. The van der Waals surface area contributed by atoms with Crippen molar-refractivity contribution in [2.45, 2.75) is 6.92 Å². The fourth-order valence-corrected chi connectivity index (χ4v) is 3.30. The van der Waals surface area contributed by atoms with Crippen molar-refractivity contribution in [3.05, 3.63) is 64.6 Å². The van der Waals surface area contributed by atoms with Crippen LogP contribution in [0.25, 0.3) is 6.08 Å². The first-order valence-electron chi connectivity index (χ1n) is 7.77. The molecule has 1 heterocycles. The van der Waals surface area contributed by atoms with Crippen LogP contribution < -0.4 is 14.8 Å². The summed E-state index contributed by atoms with van der Waals surface area (Å²) >= 11 is 6.24. The van der Waals surface area contributed by atoms with Gasteiger partial charge in [-0.2, -0.15) is 0 Å². The first kappa shape index (κ1) is 17.5. The van der Waals surface area contributed by atoms with Gasteiger partial charge in [0.1, 0.15) is 29.0 Å². The lowest BCUT2D eigenvalue weighted by Gasteiger charge is -2.09. The second-order valence-electron chi connectivity index (χ2n) is 5.43. The molecular weight excluding hydrogens is 354 g/mol. The van der Waals surface area contributed by atoms with Gasteiger partial charge in [0.25, 0.3) is 5.91 Å². The first-order chi connectivity index (χ1) is 12.1. The van der Waals surface area contributed by atoms with Crippen molar-refractivity contribution in [1.82, 2.24) is 5.32 Å². The largest absolute Gasteiger partial charge is 0.490 e. The lowest BCUT2D eigenvalue weighted by Crippen LogP contribution is -2.17. The van der Waals surface area contributed by atoms with Gasteiger partial charge < -0.3 is 14.8 Å². The molecule has 4 nitrogen and oxygen atoms in total. The number of carbonyl (C=O) groups excluding carboxylic acids is 1. The van der Waals surface area contributed by atoms with Crippen LogP contribution in [-0.4, -0.2) is 23.4 Å². The van der Waals surface area contributed by atoms with Crippen LogP contribution in [0.5, 0.6) is 11.5 Å². The second-order valence-corrected chi connectivity index (χ2v) is 7.15. The van der Waals surface area contributed by atoms with Gasteiger partial charge >= 0.3 is 0 Å². The number of hydrogen-bond acceptors (Lipinski definition) is 5. The molecule has 1 amide bonds. The van der Waals surface area contributed by atoms with Crippen LogP contribution in [0.2, 0.25) is 0 Å². The zero-order valence-electron chi connectivity index (χ0n) is 13.7. The van der Waals surface area contributed by atoms with E-state index in [0.29, 0.717) is 22.4 Å². The van der Waals surface area contributed by atoms with Crippen molar-refractivity contribution in [1.29, 1.82) is 0 Å². The number of rotatable bonds is 6. The smallest absolute Gasteiger partial charge is 0.263 e. The Hall–Kier alpha value is -2.31. The molecule has 1 aliphatic heterocycles. The van der Waals surface area contributed by atoms with E-state index in [1.54, 1.807) is 0 Å². The zero-order valence-corrected chi connectivity index (χ0v) is 15.3. The molecule has 25 heavy (non-hydrogen) atoms. The number of hydrogen-bond donors (Lipinski definition) is 1. The minimum Gasteiger partial charge on any atom is -0.490 e. The van der Waals surface area contributed by atoms with Crippen molar-refractivity contribution < 1.29 is 14.3 Å². The Balaban J connectivity index is 1.49. The van der Waals surface area contributed by atoms with Gasteiger partial charge in [-0.3, -0.25) is 4.79 Å². The summed E-state index contributed by atoms with van der Waals surface area (Å²) in [6.07, 6.45) is 1.81. The van der Waals surface area contributed by atoms with Crippen molar-refractivity contribution in [3.8, 4) is 11.5 Å². The SMILES string of the molecule is Cc1cccc(OCCOc2ccc(C=C3SC(=S)NC3=O)cc2)c1. The number of thiocarbonyl (C=S) groups is 1. The highest BCUT2D eigenvalue weighted by Crippen LogP contribution is 2.26. The third kappa shape index (κ3) is 5.08. The Morgan fingerprint density at radius 2 is 1.80 bits per heavy atom. The predicted molar refractivity (Wildman–Crippen MR) is 105 cm³/mol. The molecule has 1 fully saturated rings. The Kier molecular flexibility index (Phi) is 5.73. The van der Waals surface area contributed by atoms with E-state index in [1.165, 1.54) is 11.8 Å². The number of amides is 1. The quantitative estimate of drug-likeness (QED) is 0.473. The van der Waals surface area contributed by atoms with Crippen LogP contribution in [0, 0.1) is 6.92 Å². The van der Waals surface area contributed by atoms with E-state index in [1.807, 2.05) is 61.5 Å². The first-order valence-corrected chi connectivity index (χ1v) is 9.00. The minimum absolute atomic E-state index is 0.149. The maximum Gasteiger partial charge on any atom is 0.263 e. The normalized spacial score (nSPS) is 15.3. The number of nitrogens with one attached hydrogen (secondary N) is 1. The third-order valence-corrected chi connectivity index (χ3v) is 4.59. The molecule has 0 radical (unpaired) electrons. The number of thioether (sulfide) groups is 1. The van der Waals surface area contributed by atoms with Gasteiger partial charge in [0.05, 0.1) is 4.91 Å². The van der Waals surface area contributed by atoms with Crippen molar-refractivity contribution >= 4 is 40.3 Å². The van der Waals surface area contributed by atoms with E-state index in [9.17, 15) is 4.79 Å². The molecule has 0 aliphatic carbocycles. The molecule has 0 saturated carbocycles. The van der Waals surface area contributed by atoms with Crippen LogP contribution in [0.4, 0.5) is 0 Å². The summed E-state index contributed by atoms with van der Waals surface area (Å²) in [5, 5.41) is 2.60. The Morgan fingerprint density at radius 1 is 1.08 bits per heavy atom. The molecule has 0 aromatic heterocycles. The van der Waals surface area contributed by atoms with E-state index in [4.69, 9.17) is 21.7 Å². The predicted octanol–water partition coefficient (Wildman–Crippen LogP) is 3.94. The van der Waals surface area contributed by atoms with Gasteiger partial charge in [-0.15, -0.1) is 0 Å². The summed E-state index contributed by atoms with van der Waals surface area (Å²) in [6, 6.07) is 15.5. The molecule has 0 bridgehead atoms. The van der Waals surface area contributed by atoms with E-state index >= 15 is 0 Å². The molecule has 0 atom stereocenters. The van der Waals surface area contributed by atoms with Crippen molar-refractivity contribution in [2.24, 2.45) is 0 Å². The average Bonchev–Trinajstić information content (AvgIpc) is 2.90. The van der Waals surface area contributed by atoms with Gasteiger partial charge in [0.2, 0.25) is 0 Å². The van der Waals surface area contributed by atoms with Crippen molar-refractivity contribution in [2.75, 3.05) is 13.2 Å². The van der Waals surface area contributed by atoms with Crippen LogP contribution in [0.1, 0.15) is 11.1 Å². The highest BCUT2D eigenvalue weighted by atomic mass is 32.2. The van der Waals surface area contributed by atoms with Gasteiger partial charge in [-0.25, -0.2) is 0 Å². The summed E-state index contributed by atoms with van der Waals surface area (Å²) in [5.74, 6) is 1.45. The minimum atomic E-state index is -0.149. The number of ether oxygens (including phenoxy) is 2. The molecule has 2 aromatic carbocycles. The van der Waals surface area contributed by atoms with Gasteiger partial charge in [-0.1, -0.05) is 48.2 Å². The lowest BCUT2D eigenvalue weighted by molar-refractivity contribution is -0.115. The zero-order chi connectivity index (χ0) is 17.6. The Bertz CT molecular complexity index is 816. The Morgan fingerprint density at radius 3 is 2.44 bits per heavy atom. The van der Waals surface area contributed by atoms with Crippen molar-refractivity contribution in [3.63, 3.8) is 0 Å². The monoisotopic (exact) mass is 371 g/mol. The molecule has 2 aromatic rings. The molecule has 1 N–H and O–H groups in total. The second kappa shape index (κ2) is 8.18. The summed E-state index contributed by atoms with van der Waals surface area (Å²) < 4.78 is 11.8. The molecule has 1 saturated heterocycles. The van der Waals surface area contributed by atoms with E-state index in [0.717, 1.165) is 22.6 Å². The average molecular weight is 371 g/mol. The topological polar surface area (TPSA) is 47.6 Å². The Labute approximate surface area is 156 Å². The van der Waals surface area contributed by atoms with E-state index < -0.39 is 0 Å². The fourth-order valence-electron chi connectivity index (χ4n) is 2.26. The summed E-state index contributed by atoms with van der Waals surface area (Å²) in [6.45, 7) is 2.96. The molecule has 1 aliphatic rings. The summed E-state index contributed by atoms with van der Waals surface area (Å²) in [5.41, 5.74) is 2.09. The summed E-state index contributed by atoms with van der Waals surface area (Å²) in [7, 11) is 0. The van der Waals surface area contributed by atoms with Crippen LogP contribution in [-0.2, 0) is 4.79 Å². The molecule has 6 heteroatoms. The van der Waals surface area contributed by atoms with Crippen LogP contribution in [0.3, 0.4) is 0 Å². The molecule has 128 valence electrons. The maximum atomic E-state index is 11.6. The lowest BCUT2D eigenvalue weighted by atomic mass is 10.2. The number of benzene rings is 2. The highest BCUT2D eigenvalue weighted by Gasteiger charge is 2.21. The number of carbonyl (C=O) groups is 1. The molecule has 0 spiro atoms. The van der Waals surface area contributed by atoms with Crippen LogP contribution >= 0.6 is 24.0 Å². The van der Waals surface area contributed by atoms with Gasteiger partial charge in [0.15, 0.2) is 0 Å². The number of aryl methyl sites for hydroxylation is 1. The van der Waals surface area contributed by atoms with Gasteiger partial charge in [0, 0.05) is 0 Å². The third-order valence-electron chi connectivity index (χ3n) is 3.43. The highest BCUT2D eigenvalue weighted by molar-refractivity contribution is 8.26. The maximum absolute atomic E-state index is 11.6. The van der Waals surface area contributed by atoms with E-state index in [2.05, 4.69) is 5.32 Å². The molecular formula is C19H17NO3S2. The molecule has 0 unspecified atom stereocenters. The van der Waals surface area contributed by atoms with Crippen LogP contribution in [0.15, 0.2) is 53.4 Å².